The van der Waals surface area contributed by atoms with E-state index in [1.165, 1.54) is 0 Å². The van der Waals surface area contributed by atoms with Crippen LogP contribution in [0.4, 0.5) is 0 Å². The van der Waals surface area contributed by atoms with Crippen molar-refractivity contribution in [3.05, 3.63) is 17.5 Å². The van der Waals surface area contributed by atoms with Crippen molar-refractivity contribution in [3.63, 3.8) is 0 Å². The Balaban J connectivity index is 4.60. The first-order valence-corrected chi connectivity index (χ1v) is 7.91. The van der Waals surface area contributed by atoms with E-state index in [0.29, 0.717) is 6.42 Å². The van der Waals surface area contributed by atoms with E-state index in [-0.39, 0.29) is 0 Å². The zero-order valence-electron chi connectivity index (χ0n) is 8.94. The van der Waals surface area contributed by atoms with Gasteiger partial charge in [0.1, 0.15) is 0 Å². The van der Waals surface area contributed by atoms with Crippen molar-refractivity contribution in [2.45, 2.75) is 39.1 Å². The van der Waals surface area contributed by atoms with Crippen LogP contribution in [0.5, 0.6) is 0 Å². The molecule has 0 aliphatic heterocycles. The van der Waals surface area contributed by atoms with Crippen LogP contribution in [0.3, 0.4) is 0 Å². The van der Waals surface area contributed by atoms with Crippen LogP contribution in [0.1, 0.15) is 13.3 Å². The van der Waals surface area contributed by atoms with Gasteiger partial charge in [-0.3, -0.25) is 0 Å². The van der Waals surface area contributed by atoms with Crippen molar-refractivity contribution in [1.82, 2.24) is 0 Å². The van der Waals surface area contributed by atoms with Gasteiger partial charge in [-0.1, -0.05) is 26.2 Å². The van der Waals surface area contributed by atoms with Crippen LogP contribution >= 0.6 is 0 Å². The van der Waals surface area contributed by atoms with Gasteiger partial charge in [-0.05, 0) is 12.1 Å². The van der Waals surface area contributed by atoms with Crippen LogP contribution in [0, 0.1) is 11.8 Å². The molecule has 0 aromatic rings. The van der Waals surface area contributed by atoms with Gasteiger partial charge in [-0.2, -0.15) is 0 Å². The van der Waals surface area contributed by atoms with E-state index in [2.05, 4.69) is 43.8 Å². The Labute approximate surface area is 82.2 Å². The monoisotopic (exact) mass is 194 g/mol. The van der Waals surface area contributed by atoms with E-state index < -0.39 is 14.2 Å². The van der Waals surface area contributed by atoms with Crippen molar-refractivity contribution < 1.29 is 5.11 Å². The smallest absolute Gasteiger partial charge is 0.0895 e. The zero-order chi connectivity index (χ0) is 10.5. The third kappa shape index (κ3) is 4.14. The molecule has 0 bridgehead atoms. The summed E-state index contributed by atoms with van der Waals surface area (Å²) < 4.78 is 0. The molecule has 0 spiro atoms. The van der Waals surface area contributed by atoms with Crippen LogP contribution in [-0.2, 0) is 0 Å². The van der Waals surface area contributed by atoms with Gasteiger partial charge >= 0.3 is 0 Å². The predicted octanol–water partition coefficient (Wildman–Crippen LogP) is 2.35. The summed E-state index contributed by atoms with van der Waals surface area (Å²) in [7, 11) is -1.47. The SMILES string of the molecule is C=C=C(C(O)CC#CC)[Si](C)(C)C. The number of aliphatic hydroxyl groups is 1. The number of aliphatic hydroxyl groups excluding tert-OH is 1. The highest BCUT2D eigenvalue weighted by Gasteiger charge is 2.24. The van der Waals surface area contributed by atoms with Crippen LogP contribution < -0.4 is 0 Å². The fourth-order valence-electron chi connectivity index (χ4n) is 1.18. The maximum absolute atomic E-state index is 9.77. The molecule has 1 atom stereocenters. The maximum Gasteiger partial charge on any atom is 0.0895 e. The molecule has 0 saturated carbocycles. The van der Waals surface area contributed by atoms with Crippen molar-refractivity contribution in [2.75, 3.05) is 0 Å². The highest BCUT2D eigenvalue weighted by Crippen LogP contribution is 2.18. The standard InChI is InChI=1S/C11H18OSi/c1-6-8-9-10(12)11(7-2)13(3,4)5/h10,12H,2,9H2,1,3-5H3. The lowest BCUT2D eigenvalue weighted by Gasteiger charge is -2.22. The van der Waals surface area contributed by atoms with Crippen molar-refractivity contribution in [1.29, 1.82) is 0 Å². The maximum atomic E-state index is 9.77. The van der Waals surface area contributed by atoms with E-state index in [1.54, 1.807) is 6.92 Å². The first-order chi connectivity index (χ1) is 5.93. The molecule has 72 valence electrons. The summed E-state index contributed by atoms with van der Waals surface area (Å²) in [4.78, 5) is 0. The topological polar surface area (TPSA) is 20.2 Å². The highest BCUT2D eigenvalue weighted by atomic mass is 28.3. The van der Waals surface area contributed by atoms with Gasteiger partial charge < -0.3 is 5.11 Å². The van der Waals surface area contributed by atoms with Crippen LogP contribution in [0.2, 0.25) is 19.6 Å². The summed E-state index contributed by atoms with van der Waals surface area (Å²) >= 11 is 0. The van der Waals surface area contributed by atoms with Gasteiger partial charge in [0.05, 0.1) is 14.2 Å². The molecule has 1 N–H and O–H groups in total. The molecule has 13 heavy (non-hydrogen) atoms. The lowest BCUT2D eigenvalue weighted by atomic mass is 10.2. The zero-order valence-corrected chi connectivity index (χ0v) is 9.94. The van der Waals surface area contributed by atoms with E-state index >= 15 is 0 Å². The average Bonchev–Trinajstić information content (AvgIpc) is 1.99. The summed E-state index contributed by atoms with van der Waals surface area (Å²) in [6.45, 7) is 11.9. The van der Waals surface area contributed by atoms with Crippen LogP contribution in [0.25, 0.3) is 0 Å². The largest absolute Gasteiger partial charge is 0.388 e. The second kappa shape index (κ2) is 5.09. The third-order valence-electron chi connectivity index (χ3n) is 1.80. The Kier molecular flexibility index (Phi) is 4.80. The number of rotatable bonds is 3. The highest BCUT2D eigenvalue weighted by molar-refractivity contribution is 6.83. The normalized spacial score (nSPS) is 12.4. The summed E-state index contributed by atoms with van der Waals surface area (Å²) in [5.74, 6) is 5.64. The molecule has 1 unspecified atom stereocenters. The first-order valence-electron chi connectivity index (χ1n) is 4.41. The molecule has 0 saturated heterocycles. The summed E-state index contributed by atoms with van der Waals surface area (Å²) in [6, 6.07) is 0. The Morgan fingerprint density at radius 2 is 2.00 bits per heavy atom. The van der Waals surface area contributed by atoms with Gasteiger partial charge in [0.25, 0.3) is 0 Å². The number of hydrogen-bond donors (Lipinski definition) is 1. The summed E-state index contributed by atoms with van der Waals surface area (Å²) in [5.41, 5.74) is 2.86. The number of hydrogen-bond acceptors (Lipinski definition) is 1. The molecular weight excluding hydrogens is 176 g/mol. The fourth-order valence-corrected chi connectivity index (χ4v) is 2.82. The minimum atomic E-state index is -1.47. The fraction of sp³-hybridized carbons (Fsp3) is 0.545. The Hall–Kier alpha value is -0.743. The lowest BCUT2D eigenvalue weighted by Crippen LogP contribution is -2.31. The molecule has 0 radical (unpaired) electrons. The molecule has 0 fully saturated rings. The molecule has 0 aromatic heterocycles. The van der Waals surface area contributed by atoms with Crippen molar-refractivity contribution in [2.24, 2.45) is 0 Å². The lowest BCUT2D eigenvalue weighted by molar-refractivity contribution is 0.223. The summed E-state index contributed by atoms with van der Waals surface area (Å²) in [5, 5.41) is 10.7. The van der Waals surface area contributed by atoms with Gasteiger partial charge in [0, 0.05) is 6.42 Å². The predicted molar refractivity (Wildman–Crippen MR) is 60.1 cm³/mol. The Bertz CT molecular complexity index is 269. The van der Waals surface area contributed by atoms with E-state index in [0.717, 1.165) is 5.20 Å². The van der Waals surface area contributed by atoms with Crippen LogP contribution in [0.15, 0.2) is 17.5 Å². The second-order valence-corrected chi connectivity index (χ2v) is 9.03. The quantitative estimate of drug-likeness (QED) is 0.415. The van der Waals surface area contributed by atoms with Crippen LogP contribution in [-0.4, -0.2) is 19.3 Å². The Morgan fingerprint density at radius 1 is 1.46 bits per heavy atom. The van der Waals surface area contributed by atoms with E-state index in [9.17, 15) is 5.11 Å². The molecule has 0 amide bonds. The van der Waals surface area contributed by atoms with Gasteiger partial charge in [0.15, 0.2) is 0 Å². The van der Waals surface area contributed by atoms with Crippen molar-refractivity contribution >= 4 is 8.07 Å². The molecule has 1 nitrogen and oxygen atoms in total. The molecule has 0 aliphatic carbocycles. The van der Waals surface area contributed by atoms with E-state index in [4.69, 9.17) is 0 Å². The molecule has 2 heteroatoms. The third-order valence-corrected chi connectivity index (χ3v) is 3.93. The molecule has 0 aromatic carbocycles. The average molecular weight is 194 g/mol. The molecule has 0 aliphatic rings. The Morgan fingerprint density at radius 3 is 2.31 bits per heavy atom. The minimum absolute atomic E-state index is 0.475. The van der Waals surface area contributed by atoms with Crippen molar-refractivity contribution in [3.8, 4) is 11.8 Å². The molecule has 0 heterocycles. The van der Waals surface area contributed by atoms with Gasteiger partial charge in [-0.25, -0.2) is 0 Å². The molecule has 0 rings (SSSR count). The minimum Gasteiger partial charge on any atom is -0.388 e. The molecular formula is C11H18OSi. The van der Waals surface area contributed by atoms with Gasteiger partial charge in [-0.15, -0.1) is 17.6 Å². The van der Waals surface area contributed by atoms with Gasteiger partial charge in [0.2, 0.25) is 0 Å². The second-order valence-electron chi connectivity index (χ2n) is 3.99. The first kappa shape index (κ1) is 12.3. The summed E-state index contributed by atoms with van der Waals surface area (Å²) in [6.07, 6.45) is 0.0233. The van der Waals surface area contributed by atoms with E-state index in [1.807, 2.05) is 0 Å².